The van der Waals surface area contributed by atoms with Crippen molar-refractivity contribution >= 4 is 11.6 Å². The van der Waals surface area contributed by atoms with Gasteiger partial charge < -0.3 is 5.11 Å². The number of amides is 1. The number of aromatic hydroxyl groups is 1. The lowest BCUT2D eigenvalue weighted by Crippen LogP contribution is -2.19. The summed E-state index contributed by atoms with van der Waals surface area (Å²) in [7, 11) is 0. The van der Waals surface area contributed by atoms with E-state index in [1.54, 1.807) is 43.3 Å². The molecule has 0 heterocycles. The maximum Gasteiger partial charge on any atom is 0.275 e. The van der Waals surface area contributed by atoms with Gasteiger partial charge in [-0.05, 0) is 36.8 Å². The van der Waals surface area contributed by atoms with Crippen molar-refractivity contribution in [3.05, 3.63) is 65.2 Å². The lowest BCUT2D eigenvalue weighted by Gasteiger charge is -2.04. The molecular weight excluding hydrogens is 266 g/mol. The smallest absolute Gasteiger partial charge is 0.275 e. The molecule has 104 valence electrons. The summed E-state index contributed by atoms with van der Waals surface area (Å²) >= 11 is 0. The Balaban J connectivity index is 2.11. The standard InChI is InChI=1S/C16H13N3O2/c1-11(13-8-6-12(10-17)7-9-13)18-19-16(21)14-4-2-3-5-15(14)20/h2-9,20H,1H3,(H,19,21)/b18-11-. The highest BCUT2D eigenvalue weighted by atomic mass is 16.3. The highest BCUT2D eigenvalue weighted by molar-refractivity contribution is 6.01. The number of nitriles is 1. The summed E-state index contributed by atoms with van der Waals surface area (Å²) in [6.45, 7) is 1.74. The summed E-state index contributed by atoms with van der Waals surface area (Å²) in [6, 6.07) is 15.1. The number of phenols is 1. The molecule has 1 amide bonds. The van der Waals surface area contributed by atoms with Gasteiger partial charge in [-0.1, -0.05) is 24.3 Å². The average Bonchev–Trinajstić information content (AvgIpc) is 2.52. The zero-order chi connectivity index (χ0) is 15.2. The molecule has 2 aromatic carbocycles. The first-order chi connectivity index (χ1) is 10.1. The molecule has 0 aliphatic rings. The van der Waals surface area contributed by atoms with Gasteiger partial charge in [0.05, 0.1) is 22.9 Å². The number of rotatable bonds is 3. The number of carbonyl (C=O) groups is 1. The quantitative estimate of drug-likeness (QED) is 0.668. The first-order valence-electron chi connectivity index (χ1n) is 6.25. The summed E-state index contributed by atoms with van der Waals surface area (Å²) in [5, 5.41) is 22.3. The largest absolute Gasteiger partial charge is 0.507 e. The van der Waals surface area contributed by atoms with Crippen LogP contribution in [0, 0.1) is 11.3 Å². The third kappa shape index (κ3) is 3.45. The Labute approximate surface area is 122 Å². The molecule has 0 spiro atoms. The molecule has 2 N–H and O–H groups in total. The molecule has 5 nitrogen and oxygen atoms in total. The van der Waals surface area contributed by atoms with Gasteiger partial charge in [0.2, 0.25) is 0 Å². The van der Waals surface area contributed by atoms with Crippen LogP contribution in [0.4, 0.5) is 0 Å². The van der Waals surface area contributed by atoms with E-state index >= 15 is 0 Å². The summed E-state index contributed by atoms with van der Waals surface area (Å²) < 4.78 is 0. The molecular formula is C16H13N3O2. The zero-order valence-electron chi connectivity index (χ0n) is 11.4. The molecule has 0 aliphatic carbocycles. The Morgan fingerprint density at radius 3 is 2.48 bits per heavy atom. The number of phenolic OH excluding ortho intramolecular Hbond substituents is 1. The van der Waals surface area contributed by atoms with Crippen LogP contribution in [-0.2, 0) is 0 Å². The minimum absolute atomic E-state index is 0.0961. The van der Waals surface area contributed by atoms with Crippen LogP contribution < -0.4 is 5.43 Å². The molecule has 21 heavy (non-hydrogen) atoms. The minimum atomic E-state index is -0.485. The fourth-order valence-corrected chi connectivity index (χ4v) is 1.71. The average molecular weight is 279 g/mol. The number of carbonyl (C=O) groups excluding carboxylic acids is 1. The van der Waals surface area contributed by atoms with Crippen molar-refractivity contribution in [2.45, 2.75) is 6.92 Å². The Hall–Kier alpha value is -3.13. The predicted molar refractivity (Wildman–Crippen MR) is 78.9 cm³/mol. The number of hydrogen-bond acceptors (Lipinski definition) is 4. The summed E-state index contributed by atoms with van der Waals surface area (Å²) in [6.07, 6.45) is 0. The molecule has 2 rings (SSSR count). The second-order valence-corrected chi connectivity index (χ2v) is 4.34. The third-order valence-electron chi connectivity index (χ3n) is 2.91. The van der Waals surface area contributed by atoms with E-state index < -0.39 is 5.91 Å². The van der Waals surface area contributed by atoms with Crippen molar-refractivity contribution in [2.24, 2.45) is 5.10 Å². The summed E-state index contributed by atoms with van der Waals surface area (Å²) in [4.78, 5) is 11.9. The fraction of sp³-hybridized carbons (Fsp3) is 0.0625. The number of hydrazone groups is 1. The SMILES string of the molecule is C/C(=N/NC(=O)c1ccccc1O)c1ccc(C#N)cc1. The van der Waals surface area contributed by atoms with Gasteiger partial charge in [-0.25, -0.2) is 5.43 Å². The van der Waals surface area contributed by atoms with Crippen molar-refractivity contribution in [2.75, 3.05) is 0 Å². The summed E-state index contributed by atoms with van der Waals surface area (Å²) in [5.41, 5.74) is 4.51. The molecule has 0 radical (unpaired) electrons. The molecule has 0 saturated heterocycles. The predicted octanol–water partition coefficient (Wildman–Crippen LogP) is 2.42. The van der Waals surface area contributed by atoms with Gasteiger partial charge in [0.25, 0.3) is 5.91 Å². The van der Waals surface area contributed by atoms with Gasteiger partial charge in [0.15, 0.2) is 0 Å². The molecule has 5 heteroatoms. The monoisotopic (exact) mass is 279 g/mol. The van der Waals surface area contributed by atoms with Crippen LogP contribution in [0.1, 0.15) is 28.4 Å². The van der Waals surface area contributed by atoms with Crippen molar-refractivity contribution in [1.82, 2.24) is 5.43 Å². The molecule has 0 bridgehead atoms. The zero-order valence-corrected chi connectivity index (χ0v) is 11.4. The van der Waals surface area contributed by atoms with Crippen LogP contribution in [0.5, 0.6) is 5.75 Å². The highest BCUT2D eigenvalue weighted by Crippen LogP contribution is 2.15. The van der Waals surface area contributed by atoms with Gasteiger partial charge in [-0.2, -0.15) is 10.4 Å². The van der Waals surface area contributed by atoms with E-state index in [0.29, 0.717) is 11.3 Å². The van der Waals surface area contributed by atoms with Crippen molar-refractivity contribution in [3.8, 4) is 11.8 Å². The van der Waals surface area contributed by atoms with Gasteiger partial charge >= 0.3 is 0 Å². The highest BCUT2D eigenvalue weighted by Gasteiger charge is 2.09. The van der Waals surface area contributed by atoms with E-state index in [9.17, 15) is 9.90 Å². The Morgan fingerprint density at radius 2 is 1.86 bits per heavy atom. The lowest BCUT2D eigenvalue weighted by molar-refractivity contribution is 0.0952. The first-order valence-corrected chi connectivity index (χ1v) is 6.25. The topological polar surface area (TPSA) is 85.5 Å². The second-order valence-electron chi connectivity index (χ2n) is 4.34. The van der Waals surface area contributed by atoms with E-state index in [2.05, 4.69) is 10.5 Å². The normalized spacial score (nSPS) is 10.8. The van der Waals surface area contributed by atoms with Gasteiger partial charge in [0, 0.05) is 0 Å². The Kier molecular flexibility index (Phi) is 4.32. The van der Waals surface area contributed by atoms with Gasteiger partial charge in [-0.15, -0.1) is 0 Å². The van der Waals surface area contributed by atoms with Gasteiger partial charge in [-0.3, -0.25) is 4.79 Å². The minimum Gasteiger partial charge on any atom is -0.507 e. The number of para-hydroxylation sites is 1. The van der Waals surface area contributed by atoms with E-state index in [-0.39, 0.29) is 11.3 Å². The lowest BCUT2D eigenvalue weighted by atomic mass is 10.1. The number of nitrogens with zero attached hydrogens (tertiary/aromatic N) is 2. The maximum absolute atomic E-state index is 11.9. The van der Waals surface area contributed by atoms with E-state index in [1.165, 1.54) is 12.1 Å². The van der Waals surface area contributed by atoms with Crippen LogP contribution >= 0.6 is 0 Å². The number of nitrogens with one attached hydrogen (secondary N) is 1. The molecule has 0 unspecified atom stereocenters. The van der Waals surface area contributed by atoms with Crippen molar-refractivity contribution < 1.29 is 9.90 Å². The van der Waals surface area contributed by atoms with E-state index in [0.717, 1.165) is 5.56 Å². The van der Waals surface area contributed by atoms with E-state index in [4.69, 9.17) is 5.26 Å². The van der Waals surface area contributed by atoms with Gasteiger partial charge in [0.1, 0.15) is 5.75 Å². The van der Waals surface area contributed by atoms with Crippen molar-refractivity contribution in [3.63, 3.8) is 0 Å². The fourth-order valence-electron chi connectivity index (χ4n) is 1.71. The molecule has 0 atom stereocenters. The van der Waals surface area contributed by atoms with Crippen LogP contribution in [0.2, 0.25) is 0 Å². The summed E-state index contributed by atoms with van der Waals surface area (Å²) in [5.74, 6) is -0.581. The van der Waals surface area contributed by atoms with Crippen LogP contribution in [0.3, 0.4) is 0 Å². The second kappa shape index (κ2) is 6.35. The van der Waals surface area contributed by atoms with Crippen LogP contribution in [0.25, 0.3) is 0 Å². The number of benzene rings is 2. The molecule has 0 saturated carbocycles. The maximum atomic E-state index is 11.9. The van der Waals surface area contributed by atoms with Crippen LogP contribution in [0.15, 0.2) is 53.6 Å². The van der Waals surface area contributed by atoms with Crippen LogP contribution in [-0.4, -0.2) is 16.7 Å². The molecule has 0 aromatic heterocycles. The molecule has 2 aromatic rings. The van der Waals surface area contributed by atoms with E-state index in [1.807, 2.05) is 6.07 Å². The number of hydrogen-bond donors (Lipinski definition) is 2. The third-order valence-corrected chi connectivity index (χ3v) is 2.91. The molecule has 0 aliphatic heterocycles. The Morgan fingerprint density at radius 1 is 1.19 bits per heavy atom. The molecule has 0 fully saturated rings. The Bertz CT molecular complexity index is 728. The first kappa shape index (κ1) is 14.3. The van der Waals surface area contributed by atoms with Crippen molar-refractivity contribution in [1.29, 1.82) is 5.26 Å².